The van der Waals surface area contributed by atoms with E-state index in [-0.39, 0.29) is 6.61 Å². The molecule has 3 heteroatoms. The van der Waals surface area contributed by atoms with Crippen molar-refractivity contribution in [3.05, 3.63) is 58.2 Å². The van der Waals surface area contributed by atoms with Gasteiger partial charge in [-0.2, -0.15) is 0 Å². The highest BCUT2D eigenvalue weighted by molar-refractivity contribution is 5.35. The van der Waals surface area contributed by atoms with Gasteiger partial charge in [0, 0.05) is 24.6 Å². The zero-order valence-corrected chi connectivity index (χ0v) is 14.3. The van der Waals surface area contributed by atoms with Gasteiger partial charge in [-0.1, -0.05) is 37.1 Å². The first kappa shape index (κ1) is 15.8. The first-order valence-electron chi connectivity index (χ1n) is 9.40. The number of aliphatic hydroxyl groups is 1. The molecule has 0 aliphatic heterocycles. The molecule has 2 aliphatic carbocycles. The molecule has 1 N–H and O–H groups in total. The maximum atomic E-state index is 9.05. The van der Waals surface area contributed by atoms with Crippen LogP contribution in [0.1, 0.15) is 71.9 Å². The van der Waals surface area contributed by atoms with E-state index in [4.69, 9.17) is 15.1 Å². The molecule has 0 saturated heterocycles. The van der Waals surface area contributed by atoms with E-state index < -0.39 is 0 Å². The summed E-state index contributed by atoms with van der Waals surface area (Å²) in [6, 6.07) is 8.63. The fourth-order valence-electron chi connectivity index (χ4n) is 4.19. The molecule has 3 nitrogen and oxygen atoms in total. The van der Waals surface area contributed by atoms with Gasteiger partial charge in [0.15, 0.2) is 0 Å². The largest absolute Gasteiger partial charge is 0.396 e. The summed E-state index contributed by atoms with van der Waals surface area (Å²) in [5, 5.41) is 9.05. The Morgan fingerprint density at radius 1 is 0.917 bits per heavy atom. The number of fused-ring (bicyclic) bond motifs is 1. The van der Waals surface area contributed by atoms with E-state index in [1.165, 1.54) is 60.2 Å². The highest BCUT2D eigenvalue weighted by Gasteiger charge is 2.25. The second-order valence-electron chi connectivity index (χ2n) is 7.26. The number of nitrogens with zero attached hydrogens (tertiary/aromatic N) is 2. The van der Waals surface area contributed by atoms with Crippen LogP contribution in [0.25, 0.3) is 0 Å². The average Bonchev–Trinajstić information content (AvgIpc) is 3.28. The molecular formula is C21H26N2O. The Balaban J connectivity index is 1.61. The van der Waals surface area contributed by atoms with E-state index in [0.717, 1.165) is 31.5 Å². The van der Waals surface area contributed by atoms with E-state index in [0.29, 0.717) is 5.92 Å². The average molecular weight is 322 g/mol. The Morgan fingerprint density at radius 2 is 1.67 bits per heavy atom. The minimum atomic E-state index is 0.212. The molecule has 1 aromatic carbocycles. The predicted molar refractivity (Wildman–Crippen MR) is 95.3 cm³/mol. The fourth-order valence-corrected chi connectivity index (χ4v) is 4.19. The molecule has 0 radical (unpaired) electrons. The summed E-state index contributed by atoms with van der Waals surface area (Å²) in [4.78, 5) is 9.97. The number of benzene rings is 1. The van der Waals surface area contributed by atoms with Crippen LogP contribution < -0.4 is 0 Å². The lowest BCUT2D eigenvalue weighted by Crippen LogP contribution is -2.09. The smallest absolute Gasteiger partial charge is 0.131 e. The third kappa shape index (κ3) is 3.23. The Morgan fingerprint density at radius 3 is 2.42 bits per heavy atom. The lowest BCUT2D eigenvalue weighted by Gasteiger charge is -2.14. The highest BCUT2D eigenvalue weighted by Crippen LogP contribution is 2.34. The van der Waals surface area contributed by atoms with E-state index in [9.17, 15) is 0 Å². The molecule has 4 rings (SSSR count). The third-order valence-electron chi connectivity index (χ3n) is 5.55. The van der Waals surface area contributed by atoms with Gasteiger partial charge in [-0.25, -0.2) is 9.97 Å². The van der Waals surface area contributed by atoms with Gasteiger partial charge in [-0.15, -0.1) is 0 Å². The van der Waals surface area contributed by atoms with Crippen LogP contribution in [0.2, 0.25) is 0 Å². The summed E-state index contributed by atoms with van der Waals surface area (Å²) in [5.41, 5.74) is 6.49. The SMILES string of the molecule is OCCc1ccc(Cc2nc(C3CCCC3)nc3c2CCC3)cc1. The van der Waals surface area contributed by atoms with Crippen molar-refractivity contribution in [3.8, 4) is 0 Å². The summed E-state index contributed by atoms with van der Waals surface area (Å²) in [7, 11) is 0. The predicted octanol–water partition coefficient (Wildman–Crippen LogP) is 3.75. The molecule has 126 valence electrons. The third-order valence-corrected chi connectivity index (χ3v) is 5.55. The van der Waals surface area contributed by atoms with Crippen molar-refractivity contribution >= 4 is 0 Å². The summed E-state index contributed by atoms with van der Waals surface area (Å²) in [5.74, 6) is 1.70. The molecule has 2 aromatic rings. The van der Waals surface area contributed by atoms with Gasteiger partial charge in [-0.3, -0.25) is 0 Å². The van der Waals surface area contributed by atoms with Crippen molar-refractivity contribution in [2.24, 2.45) is 0 Å². The van der Waals surface area contributed by atoms with Gasteiger partial charge in [0.2, 0.25) is 0 Å². The van der Waals surface area contributed by atoms with Crippen molar-refractivity contribution in [2.45, 2.75) is 63.7 Å². The minimum Gasteiger partial charge on any atom is -0.396 e. The molecule has 1 saturated carbocycles. The van der Waals surface area contributed by atoms with E-state index in [1.54, 1.807) is 0 Å². The van der Waals surface area contributed by atoms with Crippen molar-refractivity contribution < 1.29 is 5.11 Å². The van der Waals surface area contributed by atoms with Crippen molar-refractivity contribution in [1.29, 1.82) is 0 Å². The summed E-state index contributed by atoms with van der Waals surface area (Å²) in [6.07, 6.45) is 10.3. The first-order chi connectivity index (χ1) is 11.8. The van der Waals surface area contributed by atoms with Crippen LogP contribution in [0.4, 0.5) is 0 Å². The molecular weight excluding hydrogens is 296 g/mol. The molecule has 0 atom stereocenters. The van der Waals surface area contributed by atoms with Crippen LogP contribution in [0, 0.1) is 0 Å². The lowest BCUT2D eigenvalue weighted by atomic mass is 10.0. The normalized spacial score (nSPS) is 17.4. The maximum absolute atomic E-state index is 9.05. The van der Waals surface area contributed by atoms with Crippen molar-refractivity contribution in [2.75, 3.05) is 6.61 Å². The van der Waals surface area contributed by atoms with Gasteiger partial charge < -0.3 is 5.11 Å². The van der Waals surface area contributed by atoms with Crippen molar-refractivity contribution in [1.82, 2.24) is 9.97 Å². The molecule has 0 spiro atoms. The zero-order valence-electron chi connectivity index (χ0n) is 14.3. The maximum Gasteiger partial charge on any atom is 0.131 e. The number of hydrogen-bond donors (Lipinski definition) is 1. The second kappa shape index (κ2) is 7.02. The molecule has 0 unspecified atom stereocenters. The molecule has 0 bridgehead atoms. The highest BCUT2D eigenvalue weighted by atomic mass is 16.2. The lowest BCUT2D eigenvalue weighted by molar-refractivity contribution is 0.299. The monoisotopic (exact) mass is 322 g/mol. The summed E-state index contributed by atoms with van der Waals surface area (Å²) >= 11 is 0. The van der Waals surface area contributed by atoms with Gasteiger partial charge in [-0.05, 0) is 55.2 Å². The Kier molecular flexibility index (Phi) is 4.61. The van der Waals surface area contributed by atoms with Crippen LogP contribution in [0.5, 0.6) is 0 Å². The van der Waals surface area contributed by atoms with Crippen molar-refractivity contribution in [3.63, 3.8) is 0 Å². The number of aliphatic hydroxyl groups excluding tert-OH is 1. The molecule has 1 fully saturated rings. The summed E-state index contributed by atoms with van der Waals surface area (Å²) < 4.78 is 0. The second-order valence-corrected chi connectivity index (χ2v) is 7.26. The summed E-state index contributed by atoms with van der Waals surface area (Å²) in [6.45, 7) is 0.212. The van der Waals surface area contributed by atoms with Gasteiger partial charge in [0.25, 0.3) is 0 Å². The Labute approximate surface area is 144 Å². The fraction of sp³-hybridized carbons (Fsp3) is 0.524. The molecule has 1 heterocycles. The standard InChI is InChI=1S/C21H26N2O/c24-13-12-15-8-10-16(11-9-15)14-20-18-6-3-7-19(18)22-21(23-20)17-4-1-2-5-17/h8-11,17,24H,1-7,12-14H2. The van der Waals surface area contributed by atoms with Crippen LogP contribution in [-0.2, 0) is 25.7 Å². The molecule has 24 heavy (non-hydrogen) atoms. The molecule has 0 amide bonds. The van der Waals surface area contributed by atoms with Gasteiger partial charge in [0.1, 0.15) is 5.82 Å². The van der Waals surface area contributed by atoms with Crippen LogP contribution in [-0.4, -0.2) is 21.7 Å². The van der Waals surface area contributed by atoms with Gasteiger partial charge >= 0.3 is 0 Å². The molecule has 1 aromatic heterocycles. The van der Waals surface area contributed by atoms with Crippen LogP contribution >= 0.6 is 0 Å². The quantitative estimate of drug-likeness (QED) is 0.912. The zero-order chi connectivity index (χ0) is 16.4. The Bertz CT molecular complexity index is 703. The number of aryl methyl sites for hydroxylation is 1. The first-order valence-corrected chi connectivity index (χ1v) is 9.40. The topological polar surface area (TPSA) is 46.0 Å². The van der Waals surface area contributed by atoms with Crippen LogP contribution in [0.15, 0.2) is 24.3 Å². The minimum absolute atomic E-state index is 0.212. The number of aromatic nitrogens is 2. The van der Waals surface area contributed by atoms with E-state index in [1.807, 2.05) is 0 Å². The Hall–Kier alpha value is -1.74. The van der Waals surface area contributed by atoms with E-state index in [2.05, 4.69) is 24.3 Å². The van der Waals surface area contributed by atoms with Gasteiger partial charge in [0.05, 0.1) is 5.69 Å². The number of hydrogen-bond acceptors (Lipinski definition) is 3. The molecule has 2 aliphatic rings. The number of rotatable bonds is 5. The van der Waals surface area contributed by atoms with E-state index >= 15 is 0 Å². The van der Waals surface area contributed by atoms with Crippen LogP contribution in [0.3, 0.4) is 0 Å².